The SMILES string of the molecule is COC1CC(C)CO[C@@H]1CO. The van der Waals surface area contributed by atoms with E-state index in [9.17, 15) is 0 Å². The molecule has 3 heteroatoms. The zero-order valence-corrected chi connectivity index (χ0v) is 7.12. The summed E-state index contributed by atoms with van der Waals surface area (Å²) in [5, 5.41) is 8.87. The number of ether oxygens (including phenoxy) is 2. The summed E-state index contributed by atoms with van der Waals surface area (Å²) in [7, 11) is 1.66. The van der Waals surface area contributed by atoms with Gasteiger partial charge >= 0.3 is 0 Å². The first-order chi connectivity index (χ1) is 5.27. The van der Waals surface area contributed by atoms with Gasteiger partial charge in [-0.15, -0.1) is 0 Å². The quantitative estimate of drug-likeness (QED) is 0.636. The first-order valence-corrected chi connectivity index (χ1v) is 4.03. The number of hydrogen-bond donors (Lipinski definition) is 1. The van der Waals surface area contributed by atoms with Crippen LogP contribution >= 0.6 is 0 Å². The largest absolute Gasteiger partial charge is 0.394 e. The highest BCUT2D eigenvalue weighted by molar-refractivity contribution is 4.77. The predicted molar refractivity (Wildman–Crippen MR) is 41.4 cm³/mol. The summed E-state index contributed by atoms with van der Waals surface area (Å²) in [5.41, 5.74) is 0. The maximum absolute atomic E-state index is 8.87. The summed E-state index contributed by atoms with van der Waals surface area (Å²) in [6.07, 6.45) is 0.946. The lowest BCUT2D eigenvalue weighted by molar-refractivity contribution is -0.126. The molecule has 0 aromatic carbocycles. The molecule has 0 bridgehead atoms. The van der Waals surface area contributed by atoms with Crippen LogP contribution in [-0.2, 0) is 9.47 Å². The molecular formula is C8H16O3. The van der Waals surface area contributed by atoms with Crippen molar-refractivity contribution in [2.45, 2.75) is 25.6 Å². The minimum Gasteiger partial charge on any atom is -0.394 e. The van der Waals surface area contributed by atoms with Crippen molar-refractivity contribution in [3.8, 4) is 0 Å². The Morgan fingerprint density at radius 1 is 1.64 bits per heavy atom. The Balaban J connectivity index is 2.41. The third-order valence-electron chi connectivity index (χ3n) is 2.13. The van der Waals surface area contributed by atoms with E-state index in [4.69, 9.17) is 14.6 Å². The number of methoxy groups -OCH3 is 1. The van der Waals surface area contributed by atoms with Gasteiger partial charge in [0.2, 0.25) is 0 Å². The second-order valence-corrected chi connectivity index (χ2v) is 3.17. The van der Waals surface area contributed by atoms with Crippen molar-refractivity contribution in [3.05, 3.63) is 0 Å². The van der Waals surface area contributed by atoms with Crippen LogP contribution in [-0.4, -0.2) is 37.6 Å². The first-order valence-electron chi connectivity index (χ1n) is 4.03. The van der Waals surface area contributed by atoms with E-state index in [1.165, 1.54) is 0 Å². The van der Waals surface area contributed by atoms with Gasteiger partial charge in [0.25, 0.3) is 0 Å². The molecule has 0 radical (unpaired) electrons. The maximum atomic E-state index is 8.87. The van der Waals surface area contributed by atoms with Crippen LogP contribution in [0.3, 0.4) is 0 Å². The molecule has 3 nitrogen and oxygen atoms in total. The molecule has 0 spiro atoms. The van der Waals surface area contributed by atoms with Crippen LogP contribution in [0, 0.1) is 5.92 Å². The number of hydrogen-bond acceptors (Lipinski definition) is 3. The zero-order valence-electron chi connectivity index (χ0n) is 7.12. The van der Waals surface area contributed by atoms with E-state index in [0.29, 0.717) is 5.92 Å². The minimum atomic E-state index is -0.115. The Labute approximate surface area is 67.3 Å². The van der Waals surface area contributed by atoms with Gasteiger partial charge in [0.1, 0.15) is 6.10 Å². The molecule has 66 valence electrons. The molecule has 11 heavy (non-hydrogen) atoms. The molecule has 0 saturated carbocycles. The molecule has 1 heterocycles. The molecule has 0 aromatic heterocycles. The van der Waals surface area contributed by atoms with Gasteiger partial charge in [-0.2, -0.15) is 0 Å². The Hall–Kier alpha value is -0.120. The van der Waals surface area contributed by atoms with Gasteiger partial charge < -0.3 is 14.6 Å². The fraction of sp³-hybridized carbons (Fsp3) is 1.00. The van der Waals surface area contributed by atoms with Crippen LogP contribution < -0.4 is 0 Å². The van der Waals surface area contributed by atoms with Crippen LogP contribution in [0.5, 0.6) is 0 Å². The van der Waals surface area contributed by atoms with Crippen molar-refractivity contribution in [2.75, 3.05) is 20.3 Å². The van der Waals surface area contributed by atoms with Crippen molar-refractivity contribution >= 4 is 0 Å². The maximum Gasteiger partial charge on any atom is 0.107 e. The summed E-state index contributed by atoms with van der Waals surface area (Å²) in [6, 6.07) is 0. The minimum absolute atomic E-state index is 0.0607. The first kappa shape index (κ1) is 8.97. The normalized spacial score (nSPS) is 39.0. The van der Waals surface area contributed by atoms with Gasteiger partial charge in [-0.1, -0.05) is 6.92 Å². The summed E-state index contributed by atoms with van der Waals surface area (Å²) >= 11 is 0. The van der Waals surface area contributed by atoms with Crippen molar-refractivity contribution in [2.24, 2.45) is 5.92 Å². The molecule has 1 rings (SSSR count). The standard InChI is InChI=1S/C8H16O3/c1-6-3-7(10-2)8(4-9)11-5-6/h6-9H,3-5H2,1-2H3/t6?,7?,8-/m1/s1. The molecule has 3 atom stereocenters. The molecule has 1 aliphatic rings. The number of rotatable bonds is 2. The molecule has 1 saturated heterocycles. The van der Waals surface area contributed by atoms with E-state index in [2.05, 4.69) is 6.92 Å². The Kier molecular flexibility index (Phi) is 3.30. The van der Waals surface area contributed by atoms with E-state index in [1.807, 2.05) is 0 Å². The van der Waals surface area contributed by atoms with Gasteiger partial charge in [-0.05, 0) is 12.3 Å². The van der Waals surface area contributed by atoms with E-state index >= 15 is 0 Å². The number of aliphatic hydroxyl groups excluding tert-OH is 1. The molecule has 2 unspecified atom stereocenters. The third-order valence-corrected chi connectivity index (χ3v) is 2.13. The fourth-order valence-electron chi connectivity index (χ4n) is 1.43. The van der Waals surface area contributed by atoms with Gasteiger partial charge in [-0.25, -0.2) is 0 Å². The highest BCUT2D eigenvalue weighted by Crippen LogP contribution is 2.20. The van der Waals surface area contributed by atoms with Crippen LogP contribution in [0.4, 0.5) is 0 Å². The Bertz CT molecular complexity index is 116. The average molecular weight is 160 g/mol. The Morgan fingerprint density at radius 2 is 2.36 bits per heavy atom. The van der Waals surface area contributed by atoms with Crippen LogP contribution in [0.25, 0.3) is 0 Å². The lowest BCUT2D eigenvalue weighted by atomic mass is 9.98. The van der Waals surface area contributed by atoms with E-state index in [1.54, 1.807) is 7.11 Å². The topological polar surface area (TPSA) is 38.7 Å². The second-order valence-electron chi connectivity index (χ2n) is 3.17. The van der Waals surface area contributed by atoms with Crippen molar-refractivity contribution in [3.63, 3.8) is 0 Å². The molecule has 0 aromatic rings. The van der Waals surface area contributed by atoms with E-state index < -0.39 is 0 Å². The summed E-state index contributed by atoms with van der Waals surface area (Å²) in [6.45, 7) is 2.93. The molecule has 0 amide bonds. The summed E-state index contributed by atoms with van der Waals surface area (Å²) in [5.74, 6) is 0.544. The molecule has 0 aliphatic carbocycles. The number of aliphatic hydroxyl groups is 1. The van der Waals surface area contributed by atoms with Crippen LogP contribution in [0.2, 0.25) is 0 Å². The fourth-order valence-corrected chi connectivity index (χ4v) is 1.43. The highest BCUT2D eigenvalue weighted by Gasteiger charge is 2.28. The van der Waals surface area contributed by atoms with Gasteiger partial charge in [0.15, 0.2) is 0 Å². The van der Waals surface area contributed by atoms with Crippen molar-refractivity contribution in [1.82, 2.24) is 0 Å². The smallest absolute Gasteiger partial charge is 0.107 e. The molecule has 1 fully saturated rings. The zero-order chi connectivity index (χ0) is 8.27. The average Bonchev–Trinajstić information content (AvgIpc) is 2.04. The summed E-state index contributed by atoms with van der Waals surface area (Å²) in [4.78, 5) is 0. The molecule has 1 N–H and O–H groups in total. The van der Waals surface area contributed by atoms with Gasteiger partial charge in [0.05, 0.1) is 12.7 Å². The highest BCUT2D eigenvalue weighted by atomic mass is 16.5. The van der Waals surface area contributed by atoms with E-state index in [-0.39, 0.29) is 18.8 Å². The Morgan fingerprint density at radius 3 is 2.91 bits per heavy atom. The van der Waals surface area contributed by atoms with Crippen LogP contribution in [0.15, 0.2) is 0 Å². The lowest BCUT2D eigenvalue weighted by Crippen LogP contribution is -2.41. The van der Waals surface area contributed by atoms with Crippen molar-refractivity contribution in [1.29, 1.82) is 0 Å². The van der Waals surface area contributed by atoms with Crippen LogP contribution in [0.1, 0.15) is 13.3 Å². The predicted octanol–water partition coefficient (Wildman–Crippen LogP) is 0.419. The van der Waals surface area contributed by atoms with Gasteiger partial charge in [0, 0.05) is 13.7 Å². The molecule has 1 aliphatic heterocycles. The third kappa shape index (κ3) is 2.15. The molecular weight excluding hydrogens is 144 g/mol. The lowest BCUT2D eigenvalue weighted by Gasteiger charge is -2.32. The van der Waals surface area contributed by atoms with Gasteiger partial charge in [-0.3, -0.25) is 0 Å². The summed E-state index contributed by atoms with van der Waals surface area (Å²) < 4.78 is 10.5. The van der Waals surface area contributed by atoms with E-state index in [0.717, 1.165) is 13.0 Å². The monoisotopic (exact) mass is 160 g/mol. The second kappa shape index (κ2) is 4.04. The van der Waals surface area contributed by atoms with Crippen molar-refractivity contribution < 1.29 is 14.6 Å².